The lowest BCUT2D eigenvalue weighted by molar-refractivity contribution is -0.384. The SMILES string of the molecule is CN(CC1CCCOC1)C(=O)c1cc([N+](=O)[O-])ccc1Cl. The number of ether oxygens (including phenoxy) is 1. The van der Waals surface area contributed by atoms with Crippen molar-refractivity contribution in [3.63, 3.8) is 0 Å². The smallest absolute Gasteiger partial charge is 0.270 e. The van der Waals surface area contributed by atoms with Crippen LogP contribution in [0.4, 0.5) is 5.69 Å². The van der Waals surface area contributed by atoms with Crippen LogP contribution in [-0.2, 0) is 4.74 Å². The van der Waals surface area contributed by atoms with Gasteiger partial charge in [0.25, 0.3) is 11.6 Å². The molecule has 1 fully saturated rings. The molecule has 1 atom stereocenters. The summed E-state index contributed by atoms with van der Waals surface area (Å²) in [4.78, 5) is 24.2. The minimum Gasteiger partial charge on any atom is -0.381 e. The zero-order valence-corrected chi connectivity index (χ0v) is 12.5. The fraction of sp³-hybridized carbons (Fsp3) is 0.500. The second-order valence-electron chi connectivity index (χ2n) is 5.19. The van der Waals surface area contributed by atoms with Crippen LogP contribution in [0.5, 0.6) is 0 Å². The molecule has 0 spiro atoms. The molecule has 1 aliphatic rings. The Morgan fingerprint density at radius 3 is 2.95 bits per heavy atom. The Labute approximate surface area is 127 Å². The number of nitro benzene ring substituents is 1. The highest BCUT2D eigenvalue weighted by atomic mass is 35.5. The zero-order valence-electron chi connectivity index (χ0n) is 11.8. The Morgan fingerprint density at radius 2 is 2.33 bits per heavy atom. The van der Waals surface area contributed by atoms with Crippen molar-refractivity contribution in [3.05, 3.63) is 38.9 Å². The second kappa shape index (κ2) is 6.87. The van der Waals surface area contributed by atoms with E-state index in [0.717, 1.165) is 19.4 Å². The minimum absolute atomic E-state index is 0.142. The van der Waals surface area contributed by atoms with Gasteiger partial charge < -0.3 is 9.64 Å². The third-order valence-corrected chi connectivity index (χ3v) is 3.85. The highest BCUT2D eigenvalue weighted by molar-refractivity contribution is 6.33. The molecule has 0 radical (unpaired) electrons. The van der Waals surface area contributed by atoms with Crippen LogP contribution in [0.2, 0.25) is 5.02 Å². The Kier molecular flexibility index (Phi) is 5.14. The monoisotopic (exact) mass is 312 g/mol. The summed E-state index contributed by atoms with van der Waals surface area (Å²) in [6.07, 6.45) is 2.00. The van der Waals surface area contributed by atoms with E-state index in [0.29, 0.717) is 19.1 Å². The van der Waals surface area contributed by atoms with Gasteiger partial charge >= 0.3 is 0 Å². The molecule has 6 nitrogen and oxygen atoms in total. The van der Waals surface area contributed by atoms with E-state index in [1.54, 1.807) is 11.9 Å². The molecule has 1 heterocycles. The molecule has 21 heavy (non-hydrogen) atoms. The first-order chi connectivity index (χ1) is 9.99. The van der Waals surface area contributed by atoms with E-state index in [4.69, 9.17) is 16.3 Å². The maximum absolute atomic E-state index is 12.4. The van der Waals surface area contributed by atoms with E-state index >= 15 is 0 Å². The fourth-order valence-electron chi connectivity index (χ4n) is 2.42. The van der Waals surface area contributed by atoms with Crippen molar-refractivity contribution < 1.29 is 14.5 Å². The Morgan fingerprint density at radius 1 is 1.57 bits per heavy atom. The molecule has 0 aliphatic carbocycles. The van der Waals surface area contributed by atoms with E-state index in [1.807, 2.05) is 0 Å². The van der Waals surface area contributed by atoms with Gasteiger partial charge in [0, 0.05) is 32.3 Å². The number of carbonyl (C=O) groups is 1. The molecule has 1 aliphatic heterocycles. The highest BCUT2D eigenvalue weighted by Crippen LogP contribution is 2.24. The van der Waals surface area contributed by atoms with Gasteiger partial charge in [-0.2, -0.15) is 0 Å². The number of hydrogen-bond donors (Lipinski definition) is 0. The third-order valence-electron chi connectivity index (χ3n) is 3.52. The van der Waals surface area contributed by atoms with Gasteiger partial charge in [-0.15, -0.1) is 0 Å². The molecule has 114 valence electrons. The van der Waals surface area contributed by atoms with Crippen molar-refractivity contribution in [2.24, 2.45) is 5.92 Å². The number of nitrogens with zero attached hydrogens (tertiary/aromatic N) is 2. The van der Waals surface area contributed by atoms with Crippen LogP contribution < -0.4 is 0 Å². The molecule has 2 rings (SSSR count). The van der Waals surface area contributed by atoms with Crippen molar-refractivity contribution in [1.29, 1.82) is 0 Å². The van der Waals surface area contributed by atoms with Gasteiger partial charge in [0.15, 0.2) is 0 Å². The lowest BCUT2D eigenvalue weighted by atomic mass is 10.0. The standard InChI is InChI=1S/C14H17ClN2O4/c1-16(8-10-3-2-6-21-9-10)14(18)12-7-11(17(19)20)4-5-13(12)15/h4-5,7,10H,2-3,6,8-9H2,1H3. The predicted octanol–water partition coefficient (Wildman–Crippen LogP) is 2.75. The molecule has 1 amide bonds. The van der Waals surface area contributed by atoms with E-state index in [2.05, 4.69) is 0 Å². The summed E-state index contributed by atoms with van der Waals surface area (Å²) < 4.78 is 5.39. The number of rotatable bonds is 4. The van der Waals surface area contributed by atoms with E-state index in [1.165, 1.54) is 18.2 Å². The lowest BCUT2D eigenvalue weighted by Gasteiger charge is -2.27. The Hall–Kier alpha value is -1.66. The predicted molar refractivity (Wildman–Crippen MR) is 78.6 cm³/mol. The van der Waals surface area contributed by atoms with Crippen molar-refractivity contribution in [1.82, 2.24) is 4.90 Å². The molecule has 0 aromatic heterocycles. The number of halogens is 1. The first-order valence-corrected chi connectivity index (χ1v) is 7.14. The molecule has 0 N–H and O–H groups in total. The average molecular weight is 313 g/mol. The Balaban J connectivity index is 2.10. The number of benzene rings is 1. The molecule has 7 heteroatoms. The molecular formula is C14H17ClN2O4. The van der Waals surface area contributed by atoms with Crippen LogP contribution in [0.1, 0.15) is 23.2 Å². The highest BCUT2D eigenvalue weighted by Gasteiger charge is 2.22. The van der Waals surface area contributed by atoms with E-state index in [-0.39, 0.29) is 22.2 Å². The normalized spacial score (nSPS) is 18.3. The summed E-state index contributed by atoms with van der Waals surface area (Å²) in [6.45, 7) is 1.96. The molecule has 0 bridgehead atoms. The average Bonchev–Trinajstić information content (AvgIpc) is 2.47. The number of amides is 1. The minimum atomic E-state index is -0.540. The summed E-state index contributed by atoms with van der Waals surface area (Å²) in [6, 6.07) is 3.89. The quantitative estimate of drug-likeness (QED) is 0.633. The van der Waals surface area contributed by atoms with Gasteiger partial charge in [0.1, 0.15) is 0 Å². The van der Waals surface area contributed by atoms with Gasteiger partial charge in [-0.3, -0.25) is 14.9 Å². The summed E-state index contributed by atoms with van der Waals surface area (Å²) in [5.74, 6) is -0.0144. The second-order valence-corrected chi connectivity index (χ2v) is 5.60. The van der Waals surface area contributed by atoms with Gasteiger partial charge in [0.05, 0.1) is 22.1 Å². The van der Waals surface area contributed by atoms with Gasteiger partial charge in [-0.25, -0.2) is 0 Å². The first kappa shape index (κ1) is 15.7. The van der Waals surface area contributed by atoms with Crippen molar-refractivity contribution in [2.75, 3.05) is 26.8 Å². The van der Waals surface area contributed by atoms with Crippen LogP contribution in [0.25, 0.3) is 0 Å². The number of non-ortho nitro benzene ring substituents is 1. The Bertz CT molecular complexity index is 544. The van der Waals surface area contributed by atoms with Crippen molar-refractivity contribution >= 4 is 23.2 Å². The van der Waals surface area contributed by atoms with Crippen LogP contribution in [0.3, 0.4) is 0 Å². The summed E-state index contributed by atoms with van der Waals surface area (Å²) in [5, 5.41) is 11.0. The maximum Gasteiger partial charge on any atom is 0.270 e. The molecular weight excluding hydrogens is 296 g/mol. The summed E-state index contributed by atoms with van der Waals surface area (Å²) in [7, 11) is 1.67. The zero-order chi connectivity index (χ0) is 15.4. The summed E-state index contributed by atoms with van der Waals surface area (Å²) in [5.41, 5.74) is 0.0160. The third kappa shape index (κ3) is 3.92. The van der Waals surface area contributed by atoms with Crippen LogP contribution in [-0.4, -0.2) is 42.5 Å². The number of nitro groups is 1. The van der Waals surface area contributed by atoms with Gasteiger partial charge in [-0.05, 0) is 24.8 Å². The number of carbonyl (C=O) groups excluding carboxylic acids is 1. The largest absolute Gasteiger partial charge is 0.381 e. The van der Waals surface area contributed by atoms with E-state index < -0.39 is 4.92 Å². The van der Waals surface area contributed by atoms with Gasteiger partial charge in [-0.1, -0.05) is 11.6 Å². The van der Waals surface area contributed by atoms with Crippen molar-refractivity contribution in [2.45, 2.75) is 12.8 Å². The van der Waals surface area contributed by atoms with Crippen LogP contribution in [0.15, 0.2) is 18.2 Å². The number of hydrogen-bond acceptors (Lipinski definition) is 4. The molecule has 1 aromatic rings. The molecule has 1 saturated heterocycles. The maximum atomic E-state index is 12.4. The topological polar surface area (TPSA) is 72.7 Å². The first-order valence-electron chi connectivity index (χ1n) is 6.76. The lowest BCUT2D eigenvalue weighted by Crippen LogP contribution is -2.35. The van der Waals surface area contributed by atoms with Crippen LogP contribution >= 0.6 is 11.6 Å². The summed E-state index contributed by atoms with van der Waals surface area (Å²) >= 11 is 5.99. The van der Waals surface area contributed by atoms with Crippen LogP contribution in [0, 0.1) is 16.0 Å². The van der Waals surface area contributed by atoms with Crippen molar-refractivity contribution in [3.8, 4) is 0 Å². The molecule has 0 saturated carbocycles. The molecule has 1 unspecified atom stereocenters. The fourth-order valence-corrected chi connectivity index (χ4v) is 2.62. The van der Waals surface area contributed by atoms with Gasteiger partial charge in [0.2, 0.25) is 0 Å². The molecule has 1 aromatic carbocycles. The van der Waals surface area contributed by atoms with E-state index in [9.17, 15) is 14.9 Å².